The van der Waals surface area contributed by atoms with E-state index in [1.807, 2.05) is 31.7 Å². The van der Waals surface area contributed by atoms with Gasteiger partial charge in [-0.2, -0.15) is 0 Å². The summed E-state index contributed by atoms with van der Waals surface area (Å²) in [7, 11) is 0. The molecule has 4 nitrogen and oxygen atoms in total. The molecule has 0 spiro atoms. The number of amides is 1. The number of hydrogen-bond acceptors (Lipinski definition) is 3. The Kier molecular flexibility index (Phi) is 6.46. The Morgan fingerprint density at radius 1 is 1.30 bits per heavy atom. The molecule has 1 aliphatic carbocycles. The van der Waals surface area contributed by atoms with Crippen LogP contribution in [0.2, 0.25) is 0 Å². The summed E-state index contributed by atoms with van der Waals surface area (Å²) in [4.78, 5) is 14.0. The van der Waals surface area contributed by atoms with Gasteiger partial charge in [-0.15, -0.1) is 0 Å². The second kappa shape index (κ2) is 8.48. The van der Waals surface area contributed by atoms with E-state index in [1.54, 1.807) is 6.07 Å². The second-order valence-electron chi connectivity index (χ2n) is 8.73. The molecular formula is C21H29BrFNO3. The molecule has 3 rings (SSSR count). The maximum absolute atomic E-state index is 13.5. The summed E-state index contributed by atoms with van der Waals surface area (Å²) < 4.78 is 25.3. The molecule has 6 heteroatoms. The minimum absolute atomic E-state index is 0.196. The van der Waals surface area contributed by atoms with E-state index in [1.165, 1.54) is 12.5 Å². The molecule has 0 bridgehead atoms. The zero-order valence-corrected chi connectivity index (χ0v) is 17.9. The van der Waals surface area contributed by atoms with Crippen LogP contribution in [0, 0.1) is 23.6 Å². The molecule has 1 heterocycles. The molecule has 0 radical (unpaired) electrons. The van der Waals surface area contributed by atoms with E-state index < -0.39 is 5.60 Å². The van der Waals surface area contributed by atoms with Crippen LogP contribution in [0.15, 0.2) is 22.7 Å². The summed E-state index contributed by atoms with van der Waals surface area (Å²) >= 11 is 3.16. The number of hydrogen-bond donors (Lipinski definition) is 0. The van der Waals surface area contributed by atoms with Crippen molar-refractivity contribution in [1.29, 1.82) is 0 Å². The van der Waals surface area contributed by atoms with Crippen LogP contribution in [0.5, 0.6) is 0 Å². The summed E-state index contributed by atoms with van der Waals surface area (Å²) in [5.41, 5.74) is 0.420. The Hall–Kier alpha value is -1.14. The lowest BCUT2D eigenvalue weighted by molar-refractivity contribution is 0.0170. The maximum atomic E-state index is 13.5. The van der Waals surface area contributed by atoms with Crippen LogP contribution in [0.1, 0.15) is 45.6 Å². The van der Waals surface area contributed by atoms with Crippen molar-refractivity contribution in [3.63, 3.8) is 0 Å². The van der Waals surface area contributed by atoms with E-state index in [2.05, 4.69) is 15.9 Å². The van der Waals surface area contributed by atoms with E-state index in [4.69, 9.17) is 9.47 Å². The summed E-state index contributed by atoms with van der Waals surface area (Å²) in [5.74, 6) is 1.72. The number of likely N-dealkylation sites (tertiary alicyclic amines) is 1. The highest BCUT2D eigenvalue weighted by Crippen LogP contribution is 2.48. The predicted molar refractivity (Wildman–Crippen MR) is 106 cm³/mol. The first kappa shape index (κ1) is 20.6. The van der Waals surface area contributed by atoms with Crippen LogP contribution < -0.4 is 0 Å². The number of ether oxygens (including phenoxy) is 2. The molecule has 27 heavy (non-hydrogen) atoms. The first-order valence-electron chi connectivity index (χ1n) is 9.72. The molecule has 0 N–H and O–H groups in total. The molecule has 1 saturated carbocycles. The number of nitrogens with zero attached hydrogens (tertiary/aromatic N) is 1. The van der Waals surface area contributed by atoms with Gasteiger partial charge in [0.05, 0.1) is 17.7 Å². The molecule has 1 saturated heterocycles. The normalized spacial score (nSPS) is 23.4. The highest BCUT2D eigenvalue weighted by molar-refractivity contribution is 9.10. The molecule has 2 fully saturated rings. The van der Waals surface area contributed by atoms with E-state index in [9.17, 15) is 9.18 Å². The standard InChI is InChI=1S/C21H29BrFNO3/c1-21(2,3)27-20(25)24-8-6-15(7-9-24)17-11-16(17)13-26-12-14-4-5-18(22)19(23)10-14/h4-5,10,15-17H,6-9,11-13H2,1-3H3. The van der Waals surface area contributed by atoms with Gasteiger partial charge in [0.15, 0.2) is 0 Å². The average molecular weight is 442 g/mol. The van der Waals surface area contributed by atoms with Crippen LogP contribution in [-0.2, 0) is 16.1 Å². The van der Waals surface area contributed by atoms with Gasteiger partial charge < -0.3 is 14.4 Å². The van der Waals surface area contributed by atoms with Gasteiger partial charge in [0, 0.05) is 13.1 Å². The van der Waals surface area contributed by atoms with Gasteiger partial charge in [-0.3, -0.25) is 0 Å². The Balaban J connectivity index is 1.35. The molecule has 1 aromatic carbocycles. The fourth-order valence-electron chi connectivity index (χ4n) is 3.83. The minimum Gasteiger partial charge on any atom is -0.444 e. The zero-order valence-electron chi connectivity index (χ0n) is 16.3. The minimum atomic E-state index is -0.440. The molecule has 1 aliphatic heterocycles. The van der Waals surface area contributed by atoms with Gasteiger partial charge in [-0.25, -0.2) is 9.18 Å². The Morgan fingerprint density at radius 2 is 2.00 bits per heavy atom. The predicted octanol–water partition coefficient (Wildman–Crippen LogP) is 5.39. The van der Waals surface area contributed by atoms with Crippen molar-refractivity contribution >= 4 is 22.0 Å². The molecule has 2 unspecified atom stereocenters. The van der Waals surface area contributed by atoms with Crippen molar-refractivity contribution in [3.05, 3.63) is 34.1 Å². The quantitative estimate of drug-likeness (QED) is 0.614. The number of piperidine rings is 1. The summed E-state index contributed by atoms with van der Waals surface area (Å²) in [6, 6.07) is 5.11. The van der Waals surface area contributed by atoms with Gasteiger partial charge in [-0.1, -0.05) is 6.07 Å². The third kappa shape index (κ3) is 5.92. The number of carbonyl (C=O) groups excluding carboxylic acids is 1. The van der Waals surface area contributed by atoms with Gasteiger partial charge in [0.25, 0.3) is 0 Å². The summed E-state index contributed by atoms with van der Waals surface area (Å²) in [6.45, 7) is 8.43. The zero-order chi connectivity index (χ0) is 19.6. The largest absolute Gasteiger partial charge is 0.444 e. The first-order chi connectivity index (χ1) is 12.7. The highest BCUT2D eigenvalue weighted by atomic mass is 79.9. The van der Waals surface area contributed by atoms with E-state index in [0.29, 0.717) is 28.8 Å². The molecule has 2 aliphatic rings. The van der Waals surface area contributed by atoms with Gasteiger partial charge in [-0.05, 0) is 91.4 Å². The van der Waals surface area contributed by atoms with Crippen molar-refractivity contribution in [1.82, 2.24) is 4.90 Å². The van der Waals surface area contributed by atoms with Crippen molar-refractivity contribution < 1.29 is 18.7 Å². The van der Waals surface area contributed by atoms with Crippen molar-refractivity contribution in [2.24, 2.45) is 17.8 Å². The third-order valence-electron chi connectivity index (χ3n) is 5.36. The topological polar surface area (TPSA) is 38.8 Å². The van der Waals surface area contributed by atoms with Crippen LogP contribution in [0.25, 0.3) is 0 Å². The van der Waals surface area contributed by atoms with Crippen LogP contribution in [0.3, 0.4) is 0 Å². The SMILES string of the molecule is CC(C)(C)OC(=O)N1CCC(C2CC2COCc2ccc(Br)c(F)c2)CC1. The van der Waals surface area contributed by atoms with Crippen molar-refractivity contribution in [2.45, 2.75) is 52.2 Å². The summed E-state index contributed by atoms with van der Waals surface area (Å²) in [5, 5.41) is 0. The van der Waals surface area contributed by atoms with Crippen LogP contribution in [0.4, 0.5) is 9.18 Å². The van der Waals surface area contributed by atoms with Crippen LogP contribution in [-0.4, -0.2) is 36.3 Å². The van der Waals surface area contributed by atoms with Crippen LogP contribution >= 0.6 is 15.9 Å². The van der Waals surface area contributed by atoms with Gasteiger partial charge >= 0.3 is 6.09 Å². The first-order valence-corrected chi connectivity index (χ1v) is 10.5. The Morgan fingerprint density at radius 3 is 2.63 bits per heavy atom. The van der Waals surface area contributed by atoms with E-state index in [-0.39, 0.29) is 11.9 Å². The van der Waals surface area contributed by atoms with Crippen molar-refractivity contribution in [2.75, 3.05) is 19.7 Å². The van der Waals surface area contributed by atoms with E-state index in [0.717, 1.165) is 38.1 Å². The number of benzene rings is 1. The molecule has 2 atom stereocenters. The fourth-order valence-corrected chi connectivity index (χ4v) is 4.08. The van der Waals surface area contributed by atoms with Gasteiger partial charge in [0.2, 0.25) is 0 Å². The Bertz CT molecular complexity index is 668. The summed E-state index contributed by atoms with van der Waals surface area (Å²) in [6.07, 6.45) is 3.08. The lowest BCUT2D eigenvalue weighted by Gasteiger charge is -2.33. The number of carbonyl (C=O) groups is 1. The van der Waals surface area contributed by atoms with E-state index >= 15 is 0 Å². The smallest absolute Gasteiger partial charge is 0.410 e. The molecule has 150 valence electrons. The maximum Gasteiger partial charge on any atom is 0.410 e. The highest BCUT2D eigenvalue weighted by Gasteiger charge is 2.44. The molecule has 1 aromatic rings. The lowest BCUT2D eigenvalue weighted by atomic mass is 9.91. The molecular weight excluding hydrogens is 413 g/mol. The lowest BCUT2D eigenvalue weighted by Crippen LogP contribution is -2.42. The Labute approximate surface area is 169 Å². The molecule has 0 aromatic heterocycles. The monoisotopic (exact) mass is 441 g/mol. The molecule has 1 amide bonds. The number of rotatable bonds is 5. The third-order valence-corrected chi connectivity index (χ3v) is 6.00. The second-order valence-corrected chi connectivity index (χ2v) is 9.58. The van der Waals surface area contributed by atoms with Crippen molar-refractivity contribution in [3.8, 4) is 0 Å². The average Bonchev–Trinajstić information content (AvgIpc) is 3.36. The number of halogens is 2. The fraction of sp³-hybridized carbons (Fsp3) is 0.667. The van der Waals surface area contributed by atoms with Gasteiger partial charge in [0.1, 0.15) is 11.4 Å².